The molecule has 3 aromatic rings. The first-order chi connectivity index (χ1) is 12.7. The van der Waals surface area contributed by atoms with Crippen LogP contribution < -0.4 is 19.7 Å². The number of nitrogens with zero attached hydrogens (tertiary/aromatic N) is 2. The SMILES string of the molecule is COc1cc2ncnc(OCc3ccc(CO)c(BO)c3)c2cc1OC. The normalized spacial score (nSPS) is 10.6. The van der Waals surface area contributed by atoms with Gasteiger partial charge in [-0.15, -0.1) is 0 Å². The second kappa shape index (κ2) is 8.03. The topological polar surface area (TPSA) is 93.9 Å². The maximum absolute atomic E-state index is 9.41. The molecule has 0 saturated carbocycles. The standard InChI is InChI=1S/C18H19BN2O5/c1-24-16-6-13-15(7-17(16)25-2)20-10-21-18(13)26-9-11-3-4-12(8-22)14(5-11)19-23/h3-7,10,19,22-23H,8-9H2,1-2H3. The first-order valence-electron chi connectivity index (χ1n) is 8.02. The lowest BCUT2D eigenvalue weighted by Crippen LogP contribution is -2.20. The Labute approximate surface area is 151 Å². The van der Waals surface area contributed by atoms with Crippen molar-refractivity contribution in [3.8, 4) is 17.4 Å². The number of ether oxygens (including phenoxy) is 3. The molecule has 0 unspecified atom stereocenters. The van der Waals surface area contributed by atoms with Crippen molar-refractivity contribution in [2.75, 3.05) is 14.2 Å². The Morgan fingerprint density at radius 1 is 1.04 bits per heavy atom. The molecule has 0 atom stereocenters. The van der Waals surface area contributed by atoms with Crippen LogP contribution in [0.4, 0.5) is 0 Å². The highest BCUT2D eigenvalue weighted by molar-refractivity contribution is 6.46. The average Bonchev–Trinajstić information content (AvgIpc) is 2.70. The van der Waals surface area contributed by atoms with Crippen LogP contribution in [0.3, 0.4) is 0 Å². The molecule has 0 saturated heterocycles. The summed E-state index contributed by atoms with van der Waals surface area (Å²) in [5, 5.41) is 19.4. The molecule has 0 radical (unpaired) electrons. The minimum Gasteiger partial charge on any atom is -0.493 e. The van der Waals surface area contributed by atoms with Gasteiger partial charge in [0.25, 0.3) is 0 Å². The molecule has 0 bridgehead atoms. The first-order valence-corrected chi connectivity index (χ1v) is 8.02. The van der Waals surface area contributed by atoms with Crippen molar-refractivity contribution in [1.29, 1.82) is 0 Å². The summed E-state index contributed by atoms with van der Waals surface area (Å²) in [5.74, 6) is 1.57. The zero-order valence-corrected chi connectivity index (χ0v) is 14.6. The Morgan fingerprint density at radius 3 is 2.50 bits per heavy atom. The maximum atomic E-state index is 9.41. The molecule has 0 amide bonds. The second-order valence-corrected chi connectivity index (χ2v) is 5.61. The van der Waals surface area contributed by atoms with Gasteiger partial charge in [0.05, 0.1) is 31.7 Å². The number of aliphatic hydroxyl groups excluding tert-OH is 1. The van der Waals surface area contributed by atoms with Gasteiger partial charge in [-0.1, -0.05) is 18.2 Å². The van der Waals surface area contributed by atoms with Crippen LogP contribution in [0.1, 0.15) is 11.1 Å². The van der Waals surface area contributed by atoms with Crippen LogP contribution in [0.15, 0.2) is 36.7 Å². The van der Waals surface area contributed by atoms with Crippen molar-refractivity contribution in [2.45, 2.75) is 13.2 Å². The molecule has 26 heavy (non-hydrogen) atoms. The number of hydrogen-bond donors (Lipinski definition) is 2. The Hall–Kier alpha value is -2.84. The van der Waals surface area contributed by atoms with Gasteiger partial charge < -0.3 is 24.3 Å². The largest absolute Gasteiger partial charge is 0.493 e. The third-order valence-corrected chi connectivity index (χ3v) is 4.09. The van der Waals surface area contributed by atoms with E-state index in [9.17, 15) is 10.1 Å². The van der Waals surface area contributed by atoms with E-state index in [1.165, 1.54) is 6.33 Å². The van der Waals surface area contributed by atoms with Gasteiger partial charge in [-0.3, -0.25) is 0 Å². The van der Waals surface area contributed by atoms with Crippen molar-refractivity contribution in [1.82, 2.24) is 9.97 Å². The predicted molar refractivity (Wildman–Crippen MR) is 98.3 cm³/mol. The molecule has 2 aromatic carbocycles. The Bertz CT molecular complexity index is 919. The van der Waals surface area contributed by atoms with Crippen LogP contribution in [0.2, 0.25) is 0 Å². The van der Waals surface area contributed by atoms with Crippen LogP contribution in [0, 0.1) is 0 Å². The van der Waals surface area contributed by atoms with E-state index in [0.717, 1.165) is 5.56 Å². The summed E-state index contributed by atoms with van der Waals surface area (Å²) < 4.78 is 16.5. The third kappa shape index (κ3) is 3.56. The van der Waals surface area contributed by atoms with Crippen LogP contribution >= 0.6 is 0 Å². The van der Waals surface area contributed by atoms with Gasteiger partial charge >= 0.3 is 7.48 Å². The van der Waals surface area contributed by atoms with Crippen molar-refractivity contribution < 1.29 is 24.3 Å². The third-order valence-electron chi connectivity index (χ3n) is 4.09. The van der Waals surface area contributed by atoms with E-state index in [1.807, 2.05) is 6.07 Å². The molecule has 8 heteroatoms. The molecule has 1 aromatic heterocycles. The Morgan fingerprint density at radius 2 is 1.81 bits per heavy atom. The van der Waals surface area contributed by atoms with Gasteiger partial charge in [-0.2, -0.15) is 0 Å². The smallest absolute Gasteiger partial charge is 0.305 e. The van der Waals surface area contributed by atoms with Crippen LogP contribution in [-0.4, -0.2) is 41.8 Å². The summed E-state index contributed by atoms with van der Waals surface area (Å²) in [6.07, 6.45) is 1.43. The number of hydrogen-bond acceptors (Lipinski definition) is 7. The molecule has 2 N–H and O–H groups in total. The fraction of sp³-hybridized carbons (Fsp3) is 0.222. The van der Waals surface area contributed by atoms with Gasteiger partial charge in [0, 0.05) is 6.07 Å². The zero-order chi connectivity index (χ0) is 18.5. The number of aliphatic hydroxyl groups is 1. The lowest BCUT2D eigenvalue weighted by atomic mass is 9.83. The van der Waals surface area contributed by atoms with E-state index in [2.05, 4.69) is 9.97 Å². The van der Waals surface area contributed by atoms with Gasteiger partial charge in [0.2, 0.25) is 5.88 Å². The lowest BCUT2D eigenvalue weighted by molar-refractivity contribution is 0.282. The molecular weight excluding hydrogens is 335 g/mol. The highest BCUT2D eigenvalue weighted by atomic mass is 16.5. The molecule has 3 rings (SSSR count). The van der Waals surface area contributed by atoms with E-state index < -0.39 is 0 Å². The molecule has 0 aliphatic rings. The molecular formula is C18H19BN2O5. The van der Waals surface area contributed by atoms with Crippen LogP contribution in [0.5, 0.6) is 17.4 Å². The number of rotatable bonds is 7. The summed E-state index contributed by atoms with van der Waals surface area (Å²) in [6, 6.07) is 8.96. The highest BCUT2D eigenvalue weighted by Gasteiger charge is 2.12. The fourth-order valence-electron chi connectivity index (χ4n) is 2.70. The van der Waals surface area contributed by atoms with Crippen LogP contribution in [0.25, 0.3) is 10.9 Å². The number of benzene rings is 2. The highest BCUT2D eigenvalue weighted by Crippen LogP contribution is 2.34. The maximum Gasteiger partial charge on any atom is 0.305 e. The van der Waals surface area contributed by atoms with Gasteiger partial charge in [0.15, 0.2) is 11.5 Å². The summed E-state index contributed by atoms with van der Waals surface area (Å²) in [4.78, 5) is 8.45. The second-order valence-electron chi connectivity index (χ2n) is 5.61. The van der Waals surface area contributed by atoms with Gasteiger partial charge in [0.1, 0.15) is 12.9 Å². The number of aromatic nitrogens is 2. The minimum atomic E-state index is -0.142. The van der Waals surface area contributed by atoms with Gasteiger partial charge in [-0.25, -0.2) is 9.97 Å². The summed E-state index contributed by atoms with van der Waals surface area (Å²) in [6.45, 7) is 0.147. The molecule has 0 aliphatic carbocycles. The van der Waals surface area contributed by atoms with Crippen LogP contribution in [-0.2, 0) is 13.2 Å². The van der Waals surface area contributed by atoms with Crippen molar-refractivity contribution in [3.05, 3.63) is 47.8 Å². The quantitative estimate of drug-likeness (QED) is 0.603. The molecule has 134 valence electrons. The first kappa shape index (κ1) is 18.0. The average molecular weight is 354 g/mol. The van der Waals surface area contributed by atoms with E-state index in [4.69, 9.17) is 14.2 Å². The minimum absolute atomic E-state index is 0.116. The van der Waals surface area contributed by atoms with Gasteiger partial charge in [-0.05, 0) is 22.7 Å². The Balaban J connectivity index is 1.89. The fourth-order valence-corrected chi connectivity index (χ4v) is 2.70. The molecule has 7 nitrogen and oxygen atoms in total. The van der Waals surface area contributed by atoms with E-state index >= 15 is 0 Å². The molecule has 0 fully saturated rings. The van der Waals surface area contributed by atoms with E-state index in [1.54, 1.807) is 38.5 Å². The summed E-state index contributed by atoms with van der Waals surface area (Å²) >= 11 is 0. The lowest BCUT2D eigenvalue weighted by Gasteiger charge is -2.12. The number of methoxy groups -OCH3 is 2. The molecule has 0 aliphatic heterocycles. The zero-order valence-electron chi connectivity index (χ0n) is 14.6. The van der Waals surface area contributed by atoms with Crippen molar-refractivity contribution in [2.24, 2.45) is 0 Å². The molecule has 0 spiro atoms. The van der Waals surface area contributed by atoms with E-state index in [-0.39, 0.29) is 20.7 Å². The molecule has 1 heterocycles. The summed E-state index contributed by atoms with van der Waals surface area (Å²) in [7, 11) is 2.99. The monoisotopic (exact) mass is 354 g/mol. The van der Waals surface area contributed by atoms with E-state index in [0.29, 0.717) is 39.3 Å². The Kier molecular flexibility index (Phi) is 5.55. The number of fused-ring (bicyclic) bond motifs is 1. The predicted octanol–water partition coefficient (Wildman–Crippen LogP) is 0.687. The van der Waals surface area contributed by atoms with Crippen molar-refractivity contribution >= 4 is 23.8 Å². The summed E-state index contributed by atoms with van der Waals surface area (Å²) in [5.41, 5.74) is 2.91. The van der Waals surface area contributed by atoms with Crippen molar-refractivity contribution in [3.63, 3.8) is 0 Å².